The molecule has 0 aromatic carbocycles. The largest absolute Gasteiger partial charge is 1.00 e. The monoisotopic (exact) mass is 191 g/mol. The average molecular weight is 192 g/mol. The Morgan fingerprint density at radius 1 is 0.917 bits per heavy atom. The van der Waals surface area contributed by atoms with Crippen molar-refractivity contribution in [1.82, 2.24) is 0 Å². The third-order valence-corrected chi connectivity index (χ3v) is 2.55. The minimum atomic E-state index is 0. The Morgan fingerprint density at radius 3 is 1.58 bits per heavy atom. The average Bonchev–Trinajstić information content (AvgIpc) is 2.08. The highest BCUT2D eigenvalue weighted by molar-refractivity contribution is 4.72. The summed E-state index contributed by atoms with van der Waals surface area (Å²) < 4.78 is 1.13. The van der Waals surface area contributed by atoms with Crippen LogP contribution in [0.3, 0.4) is 0 Å². The minimum absolute atomic E-state index is 0. The zero-order chi connectivity index (χ0) is 8.74. The zero-order valence-electron chi connectivity index (χ0n) is 8.81. The van der Waals surface area contributed by atoms with Gasteiger partial charge in [0.15, 0.2) is 0 Å². The summed E-state index contributed by atoms with van der Waals surface area (Å²) in [5.41, 5.74) is 0. The number of halogens is 1. The molecule has 0 spiro atoms. The Morgan fingerprint density at radius 2 is 1.33 bits per heavy atom. The second-order valence-corrected chi connectivity index (χ2v) is 2.96. The third-order valence-electron chi connectivity index (χ3n) is 2.55. The van der Waals surface area contributed by atoms with Gasteiger partial charge in [-0.2, -0.15) is 0 Å². The van der Waals surface area contributed by atoms with Crippen LogP contribution in [0.2, 0.25) is 0 Å². The predicted molar refractivity (Wildman–Crippen MR) is 51.3 cm³/mol. The first kappa shape index (κ1) is 14.5. The summed E-state index contributed by atoms with van der Waals surface area (Å²) >= 11 is 0. The third kappa shape index (κ3) is 4.13. The zero-order valence-corrected chi connectivity index (χ0v) is 9.56. The Hall–Kier alpha value is -0.0100. The van der Waals surface area contributed by atoms with E-state index in [2.05, 4.69) is 40.0 Å². The van der Waals surface area contributed by atoms with Crippen LogP contribution in [0.4, 0.5) is 0 Å². The molecular formula is C10H22ClN. The lowest BCUT2D eigenvalue weighted by Crippen LogP contribution is -3.00. The van der Waals surface area contributed by atoms with Crippen molar-refractivity contribution in [1.29, 1.82) is 0 Å². The summed E-state index contributed by atoms with van der Waals surface area (Å²) in [6.45, 7) is 12.6. The molecule has 0 saturated carbocycles. The molecule has 0 heterocycles. The number of hydrogen-bond acceptors (Lipinski definition) is 0. The van der Waals surface area contributed by atoms with E-state index in [0.29, 0.717) is 0 Å². The summed E-state index contributed by atoms with van der Waals surface area (Å²) in [6, 6.07) is 0. The Balaban J connectivity index is 0. The second-order valence-electron chi connectivity index (χ2n) is 2.96. The molecule has 0 aromatic heterocycles. The summed E-state index contributed by atoms with van der Waals surface area (Å²) in [6.07, 6.45) is 5.77. The van der Waals surface area contributed by atoms with E-state index in [0.717, 1.165) is 10.9 Å². The van der Waals surface area contributed by atoms with Crippen LogP contribution in [0.1, 0.15) is 34.1 Å². The van der Waals surface area contributed by atoms with Crippen LogP contribution >= 0.6 is 0 Å². The smallest absolute Gasteiger partial charge is 0.0917 e. The molecule has 0 aromatic rings. The molecule has 0 aliphatic rings. The molecule has 0 bridgehead atoms. The van der Waals surface area contributed by atoms with Gasteiger partial charge in [-0.3, -0.25) is 4.48 Å². The second kappa shape index (κ2) is 7.63. The maximum atomic E-state index is 2.35. The molecule has 0 unspecified atom stereocenters. The van der Waals surface area contributed by atoms with Crippen molar-refractivity contribution in [2.24, 2.45) is 0 Å². The van der Waals surface area contributed by atoms with E-state index in [4.69, 9.17) is 0 Å². The normalized spacial score (nSPS) is 11.7. The lowest BCUT2D eigenvalue weighted by Gasteiger charge is -2.31. The van der Waals surface area contributed by atoms with E-state index in [1.807, 2.05) is 0 Å². The summed E-state index contributed by atoms with van der Waals surface area (Å²) in [4.78, 5) is 0. The molecule has 12 heavy (non-hydrogen) atoms. The van der Waals surface area contributed by atoms with Gasteiger partial charge < -0.3 is 12.4 Å². The molecule has 0 saturated heterocycles. The molecule has 0 radical (unpaired) electrons. The van der Waals surface area contributed by atoms with Crippen LogP contribution < -0.4 is 12.4 Å². The van der Waals surface area contributed by atoms with Crippen molar-refractivity contribution in [3.05, 3.63) is 12.3 Å². The number of nitrogens with zero attached hydrogens (tertiary/aromatic N) is 1. The van der Waals surface area contributed by atoms with Gasteiger partial charge in [0.25, 0.3) is 0 Å². The summed E-state index contributed by atoms with van der Waals surface area (Å²) in [5.74, 6) is 0. The summed E-state index contributed by atoms with van der Waals surface area (Å²) in [7, 11) is 0. The first-order valence-electron chi connectivity index (χ1n) is 4.78. The molecule has 0 rings (SSSR count). The van der Waals surface area contributed by atoms with Gasteiger partial charge in [0, 0.05) is 0 Å². The highest BCUT2D eigenvalue weighted by atomic mass is 35.5. The lowest BCUT2D eigenvalue weighted by atomic mass is 10.3. The van der Waals surface area contributed by atoms with E-state index in [9.17, 15) is 0 Å². The first-order chi connectivity index (χ1) is 5.24. The maximum absolute atomic E-state index is 2.35. The molecule has 0 N–H and O–H groups in total. The van der Waals surface area contributed by atoms with Crippen molar-refractivity contribution >= 4 is 0 Å². The Labute approximate surface area is 83.5 Å². The standard InChI is InChI=1S/C10H22N.ClH/c1-5-9-10-11(6-2,7-3)8-4;/h9-10H,5-8H2,1-4H3;1H/q+1;/p-1. The van der Waals surface area contributed by atoms with E-state index in [1.165, 1.54) is 19.6 Å². The molecule has 0 amide bonds. The van der Waals surface area contributed by atoms with Crippen LogP contribution in [0, 0.1) is 0 Å². The maximum Gasteiger partial charge on any atom is 0.0917 e. The molecule has 0 fully saturated rings. The van der Waals surface area contributed by atoms with E-state index >= 15 is 0 Å². The van der Waals surface area contributed by atoms with E-state index in [1.54, 1.807) is 0 Å². The van der Waals surface area contributed by atoms with Crippen LogP contribution in [0.5, 0.6) is 0 Å². The van der Waals surface area contributed by atoms with Gasteiger partial charge in [-0.25, -0.2) is 0 Å². The quantitative estimate of drug-likeness (QED) is 0.528. The summed E-state index contributed by atoms with van der Waals surface area (Å²) in [5, 5.41) is 0. The molecular weight excluding hydrogens is 170 g/mol. The van der Waals surface area contributed by atoms with E-state index in [-0.39, 0.29) is 12.4 Å². The lowest BCUT2D eigenvalue weighted by molar-refractivity contribution is -0.874. The highest BCUT2D eigenvalue weighted by Crippen LogP contribution is 2.06. The fraction of sp³-hybridized carbons (Fsp3) is 0.800. The SMILES string of the molecule is CCC=C[N+](CC)(CC)CC.[Cl-]. The molecule has 0 aliphatic heterocycles. The van der Waals surface area contributed by atoms with Gasteiger partial charge in [-0.05, 0) is 33.3 Å². The first-order valence-corrected chi connectivity index (χ1v) is 4.78. The topological polar surface area (TPSA) is 0 Å². The van der Waals surface area contributed by atoms with Crippen molar-refractivity contribution in [3.63, 3.8) is 0 Å². The van der Waals surface area contributed by atoms with Gasteiger partial charge >= 0.3 is 0 Å². The van der Waals surface area contributed by atoms with Crippen molar-refractivity contribution in [2.75, 3.05) is 19.6 Å². The van der Waals surface area contributed by atoms with Crippen molar-refractivity contribution in [3.8, 4) is 0 Å². The minimum Gasteiger partial charge on any atom is -1.00 e. The molecule has 74 valence electrons. The molecule has 1 nitrogen and oxygen atoms in total. The van der Waals surface area contributed by atoms with Crippen LogP contribution in [0.15, 0.2) is 12.3 Å². The molecule has 0 atom stereocenters. The molecule has 0 aliphatic carbocycles. The predicted octanol–water partition coefficient (Wildman–Crippen LogP) is -0.209. The van der Waals surface area contributed by atoms with Crippen LogP contribution in [-0.2, 0) is 0 Å². The molecule has 2 heteroatoms. The Kier molecular flexibility index (Phi) is 9.23. The fourth-order valence-electron chi connectivity index (χ4n) is 1.32. The van der Waals surface area contributed by atoms with Gasteiger partial charge in [0.1, 0.15) is 0 Å². The van der Waals surface area contributed by atoms with Gasteiger partial charge in [0.05, 0.1) is 25.8 Å². The van der Waals surface area contributed by atoms with E-state index < -0.39 is 0 Å². The number of quaternary nitrogens is 1. The number of hydrogen-bond donors (Lipinski definition) is 0. The van der Waals surface area contributed by atoms with Crippen molar-refractivity contribution in [2.45, 2.75) is 34.1 Å². The van der Waals surface area contributed by atoms with Gasteiger partial charge in [0.2, 0.25) is 0 Å². The van der Waals surface area contributed by atoms with Crippen LogP contribution in [0.25, 0.3) is 0 Å². The highest BCUT2D eigenvalue weighted by Gasteiger charge is 2.15. The Bertz CT molecular complexity index is 109. The van der Waals surface area contributed by atoms with Gasteiger partial charge in [-0.15, -0.1) is 0 Å². The number of rotatable bonds is 5. The fourth-order valence-corrected chi connectivity index (χ4v) is 1.32. The van der Waals surface area contributed by atoms with Crippen LogP contribution in [-0.4, -0.2) is 24.1 Å². The van der Waals surface area contributed by atoms with Crippen molar-refractivity contribution < 1.29 is 16.9 Å². The number of allylic oxidation sites excluding steroid dienone is 1. The van der Waals surface area contributed by atoms with Gasteiger partial charge in [-0.1, -0.05) is 6.92 Å².